The number of allylic oxidation sites excluding steroid dienone is 7. The average molecular weight is 881 g/mol. The van der Waals surface area contributed by atoms with Crippen molar-refractivity contribution in [1.82, 2.24) is 0 Å². The maximum Gasteiger partial charge on any atom is 0.266 e. The van der Waals surface area contributed by atoms with Gasteiger partial charge in [-0.2, -0.15) is 0 Å². The summed E-state index contributed by atoms with van der Waals surface area (Å²) in [6, 6.07) is 31.1. The second-order valence-corrected chi connectivity index (χ2v) is 14.8. The number of hydrogen-bond acceptors (Lipinski definition) is 8. The van der Waals surface area contributed by atoms with E-state index in [1.807, 2.05) is 95.2 Å². The van der Waals surface area contributed by atoms with Crippen molar-refractivity contribution in [2.24, 2.45) is 0 Å². The zero-order valence-electron chi connectivity index (χ0n) is 37.4. The van der Waals surface area contributed by atoms with Crippen LogP contribution in [0.2, 0.25) is 5.02 Å². The van der Waals surface area contributed by atoms with Crippen molar-refractivity contribution in [3.63, 3.8) is 0 Å². The molecule has 330 valence electrons. The van der Waals surface area contributed by atoms with Gasteiger partial charge in [0.2, 0.25) is 0 Å². The van der Waals surface area contributed by atoms with Gasteiger partial charge < -0.3 is 19.2 Å². The minimum absolute atomic E-state index is 0.110. The van der Waals surface area contributed by atoms with Crippen molar-refractivity contribution in [2.75, 3.05) is 16.8 Å². The first kappa shape index (κ1) is 50.9. The molecule has 64 heavy (non-hydrogen) atoms. The second-order valence-electron chi connectivity index (χ2n) is 14.3. The number of ether oxygens (including phenoxy) is 2. The Labute approximate surface area is 380 Å². The van der Waals surface area contributed by atoms with Gasteiger partial charge in [-0.15, -0.1) is 0 Å². The van der Waals surface area contributed by atoms with E-state index in [9.17, 15) is 24.0 Å². The van der Waals surface area contributed by atoms with Crippen molar-refractivity contribution >= 4 is 60.1 Å². The van der Waals surface area contributed by atoms with E-state index in [2.05, 4.69) is 20.4 Å². The molecule has 0 N–H and O–H groups in total. The van der Waals surface area contributed by atoms with Crippen LogP contribution < -0.4 is 19.3 Å². The number of amides is 3. The van der Waals surface area contributed by atoms with Crippen LogP contribution in [0.1, 0.15) is 101 Å². The van der Waals surface area contributed by atoms with E-state index in [0.29, 0.717) is 45.6 Å². The standard InChI is InChI=1S/C45H37ClN2O7.C5H8.C2H6.CH2O/c1-28(26-49)9-10-29(2)54-36-18-12-31(13-19-36)45(3,4)32-14-20-37(21-15-32)55-38-17-11-30(27-50)40(25-38)42(51)47(5)34-7-6-8-35(24-34)48-43(52)39-22-16-33(46)23-41(39)44(48)53;1-3-5-4-2;2*1-2/h6-27H,1-5H3;3-5H,1H2,2H3;1-2H3;1H2/b28-9+,29-10+;5-4+;;. The molecule has 0 unspecified atom stereocenters. The number of fused-ring (bicyclic) bond motifs is 1. The molecule has 0 saturated heterocycles. The summed E-state index contributed by atoms with van der Waals surface area (Å²) in [5.74, 6) is 0.719. The average Bonchev–Trinajstić information content (AvgIpc) is 3.57. The van der Waals surface area contributed by atoms with Crippen LogP contribution in [-0.2, 0) is 15.0 Å². The third-order valence-electron chi connectivity index (χ3n) is 9.77. The molecule has 6 rings (SSSR count). The SMILES string of the molecule is C/C(C=O)=C\C=C(/C)Oc1ccc(C(C)(C)c2ccc(Oc3ccc(C=O)c(C(=O)N(C)c4cccc(N5C(=O)c6ccc(Cl)cc6C5=O)c4)c3)cc2)cc1.C=C/C=C/C.C=O.CC. The minimum atomic E-state index is -0.515. The number of carbonyl (C=O) groups excluding carboxylic acids is 6. The molecule has 11 heteroatoms. The first-order valence-electron chi connectivity index (χ1n) is 20.3. The third kappa shape index (κ3) is 12.6. The van der Waals surface area contributed by atoms with Gasteiger partial charge in [0.1, 0.15) is 36.1 Å². The van der Waals surface area contributed by atoms with E-state index in [1.165, 1.54) is 29.2 Å². The van der Waals surface area contributed by atoms with E-state index in [0.717, 1.165) is 22.3 Å². The zero-order valence-corrected chi connectivity index (χ0v) is 38.1. The first-order chi connectivity index (χ1) is 30.7. The molecule has 0 aliphatic carbocycles. The number of benzene rings is 5. The number of imide groups is 1. The number of nitrogens with zero attached hydrogens (tertiary/aromatic N) is 2. The molecule has 0 saturated carbocycles. The fourth-order valence-electron chi connectivity index (χ4n) is 6.30. The topological polar surface area (TPSA) is 127 Å². The van der Waals surface area contributed by atoms with E-state index in [4.69, 9.17) is 25.9 Å². The van der Waals surface area contributed by atoms with Crippen molar-refractivity contribution in [1.29, 1.82) is 0 Å². The molecule has 5 aromatic rings. The van der Waals surface area contributed by atoms with E-state index in [-0.39, 0.29) is 33.4 Å². The Morgan fingerprint density at radius 1 is 0.766 bits per heavy atom. The molecule has 1 aliphatic heterocycles. The van der Waals surface area contributed by atoms with Gasteiger partial charge in [0, 0.05) is 28.7 Å². The fraction of sp³-hybridized carbons (Fsp3) is 0.170. The van der Waals surface area contributed by atoms with Crippen LogP contribution in [0.5, 0.6) is 17.2 Å². The van der Waals surface area contributed by atoms with Crippen LogP contribution in [-0.4, -0.2) is 44.1 Å². The number of carbonyl (C=O) groups is 6. The normalized spacial score (nSPS) is 12.0. The summed E-state index contributed by atoms with van der Waals surface area (Å²) in [4.78, 5) is 73.5. The van der Waals surface area contributed by atoms with Crippen LogP contribution in [0.3, 0.4) is 0 Å². The monoisotopic (exact) mass is 880 g/mol. The van der Waals surface area contributed by atoms with Crippen LogP contribution in [0.25, 0.3) is 0 Å². The highest BCUT2D eigenvalue weighted by Gasteiger charge is 2.37. The number of rotatable bonds is 13. The lowest BCUT2D eigenvalue weighted by Crippen LogP contribution is -2.30. The van der Waals surface area contributed by atoms with Crippen LogP contribution in [0.4, 0.5) is 11.4 Å². The lowest BCUT2D eigenvalue weighted by molar-refractivity contribution is -0.104. The van der Waals surface area contributed by atoms with E-state index >= 15 is 0 Å². The van der Waals surface area contributed by atoms with Crippen molar-refractivity contribution in [2.45, 2.75) is 53.9 Å². The highest BCUT2D eigenvalue weighted by molar-refractivity contribution is 6.36. The molecule has 0 spiro atoms. The molecular formula is C53H53ClN2O8. The van der Waals surface area contributed by atoms with Crippen LogP contribution in [0, 0.1) is 0 Å². The predicted octanol–water partition coefficient (Wildman–Crippen LogP) is 12.4. The second kappa shape index (κ2) is 24.3. The molecule has 3 amide bonds. The summed E-state index contributed by atoms with van der Waals surface area (Å²) in [6.45, 7) is 19.2. The highest BCUT2D eigenvalue weighted by atomic mass is 35.5. The van der Waals surface area contributed by atoms with E-state index < -0.39 is 17.7 Å². The van der Waals surface area contributed by atoms with Crippen molar-refractivity contribution in [3.8, 4) is 17.2 Å². The van der Waals surface area contributed by atoms with Crippen molar-refractivity contribution in [3.05, 3.63) is 196 Å². The smallest absolute Gasteiger partial charge is 0.266 e. The summed E-state index contributed by atoms with van der Waals surface area (Å²) in [7, 11) is 1.54. The Morgan fingerprint density at radius 3 is 1.92 bits per heavy atom. The predicted molar refractivity (Wildman–Crippen MR) is 256 cm³/mol. The van der Waals surface area contributed by atoms with Gasteiger partial charge in [-0.3, -0.25) is 24.0 Å². The Hall–Kier alpha value is -7.43. The number of anilines is 2. The molecular weight excluding hydrogens is 828 g/mol. The largest absolute Gasteiger partial charge is 0.462 e. The molecule has 0 bridgehead atoms. The zero-order chi connectivity index (χ0) is 47.6. The maximum atomic E-state index is 13.9. The fourth-order valence-corrected chi connectivity index (χ4v) is 6.47. The molecule has 5 aromatic carbocycles. The third-order valence-corrected chi connectivity index (χ3v) is 10.0. The number of halogens is 1. The Kier molecular flexibility index (Phi) is 19.3. The molecule has 1 heterocycles. The summed E-state index contributed by atoms with van der Waals surface area (Å²) in [6.07, 6.45) is 10.4. The number of hydrogen-bond donors (Lipinski definition) is 0. The molecule has 0 fully saturated rings. The van der Waals surface area contributed by atoms with Gasteiger partial charge >= 0.3 is 0 Å². The Bertz CT molecular complexity index is 2550. The first-order valence-corrected chi connectivity index (χ1v) is 20.7. The van der Waals surface area contributed by atoms with Crippen LogP contribution >= 0.6 is 11.6 Å². The number of aldehydes is 2. The summed E-state index contributed by atoms with van der Waals surface area (Å²) in [5, 5.41) is 0.338. The summed E-state index contributed by atoms with van der Waals surface area (Å²) in [5.41, 5.74) is 3.77. The molecule has 0 atom stereocenters. The molecule has 0 aromatic heterocycles. The maximum absolute atomic E-state index is 13.9. The van der Waals surface area contributed by atoms with Gasteiger partial charge in [-0.05, 0) is 122 Å². The van der Waals surface area contributed by atoms with Crippen molar-refractivity contribution < 1.29 is 38.2 Å². The Morgan fingerprint density at radius 2 is 1.36 bits per heavy atom. The van der Waals surface area contributed by atoms with Gasteiger partial charge in [0.15, 0.2) is 6.29 Å². The Balaban J connectivity index is 0.00000112. The lowest BCUT2D eigenvalue weighted by Gasteiger charge is -2.26. The van der Waals surface area contributed by atoms with Gasteiger partial charge in [0.25, 0.3) is 17.7 Å². The van der Waals surface area contributed by atoms with Gasteiger partial charge in [-0.25, -0.2) is 4.90 Å². The summed E-state index contributed by atoms with van der Waals surface area (Å²) >= 11 is 6.07. The van der Waals surface area contributed by atoms with Gasteiger partial charge in [0.05, 0.1) is 22.4 Å². The molecule has 10 nitrogen and oxygen atoms in total. The highest BCUT2D eigenvalue weighted by Crippen LogP contribution is 2.36. The molecule has 1 aliphatic rings. The quantitative estimate of drug-likeness (QED) is 0.0376. The lowest BCUT2D eigenvalue weighted by atomic mass is 9.78. The van der Waals surface area contributed by atoms with Gasteiger partial charge in [-0.1, -0.05) is 101 Å². The van der Waals surface area contributed by atoms with Crippen LogP contribution in [0.15, 0.2) is 157 Å². The van der Waals surface area contributed by atoms with E-state index in [1.54, 1.807) is 68.6 Å². The molecule has 0 radical (unpaired) electrons. The minimum Gasteiger partial charge on any atom is -0.462 e. The summed E-state index contributed by atoms with van der Waals surface area (Å²) < 4.78 is 12.0.